The number of nitrogens with one attached hydrogen (secondary N) is 1. The van der Waals surface area contributed by atoms with Crippen molar-refractivity contribution in [1.29, 1.82) is 0 Å². The average molecular weight is 417 g/mol. The second-order valence-corrected chi connectivity index (χ2v) is 8.58. The highest BCUT2D eigenvalue weighted by Gasteiger charge is 2.15. The van der Waals surface area contributed by atoms with Gasteiger partial charge in [0.1, 0.15) is 0 Å². The number of amides is 1. The number of nitrogens with two attached hydrogens (primary N) is 1. The van der Waals surface area contributed by atoms with E-state index >= 15 is 0 Å². The number of benzene rings is 2. The molecule has 0 unspecified atom stereocenters. The average Bonchev–Trinajstić information content (AvgIpc) is 3.13. The third-order valence-electron chi connectivity index (χ3n) is 4.39. The van der Waals surface area contributed by atoms with Crippen molar-refractivity contribution in [2.24, 2.45) is 5.14 Å². The van der Waals surface area contributed by atoms with Crippen LogP contribution in [0.25, 0.3) is 5.69 Å². The standard InChI is InChI=1S/C19H20N4O3S2/c1-12-9-16(28(20,25)26)11-17(13(12)2)22-18(24)14-5-4-6-15(10-14)23-8-7-21-19(23)27-3/h4-11H,1-3H3,(H,22,24)(H2,20,25,26). The van der Waals surface area contributed by atoms with E-state index in [0.29, 0.717) is 11.3 Å². The fourth-order valence-corrected chi connectivity index (χ4v) is 3.90. The van der Waals surface area contributed by atoms with Crippen molar-refractivity contribution >= 4 is 33.4 Å². The topological polar surface area (TPSA) is 107 Å². The van der Waals surface area contributed by atoms with Crippen LogP contribution in [0.4, 0.5) is 5.69 Å². The van der Waals surface area contributed by atoms with E-state index in [1.165, 1.54) is 23.9 Å². The lowest BCUT2D eigenvalue weighted by atomic mass is 10.1. The zero-order valence-corrected chi connectivity index (χ0v) is 17.3. The van der Waals surface area contributed by atoms with Crippen LogP contribution in [-0.4, -0.2) is 30.1 Å². The number of thioether (sulfide) groups is 1. The number of carbonyl (C=O) groups excluding carboxylic acids is 1. The molecule has 0 radical (unpaired) electrons. The number of primary sulfonamides is 1. The molecule has 0 bridgehead atoms. The number of imidazole rings is 1. The molecule has 0 aliphatic rings. The zero-order valence-electron chi connectivity index (χ0n) is 15.6. The number of anilines is 1. The second-order valence-electron chi connectivity index (χ2n) is 6.25. The molecule has 1 amide bonds. The maximum Gasteiger partial charge on any atom is 0.255 e. The van der Waals surface area contributed by atoms with Crippen molar-refractivity contribution in [2.75, 3.05) is 11.6 Å². The highest BCUT2D eigenvalue weighted by Crippen LogP contribution is 2.25. The molecule has 0 aliphatic heterocycles. The lowest BCUT2D eigenvalue weighted by Gasteiger charge is -2.13. The summed E-state index contributed by atoms with van der Waals surface area (Å²) in [5.74, 6) is -0.346. The van der Waals surface area contributed by atoms with Gasteiger partial charge in [0, 0.05) is 29.3 Å². The number of aryl methyl sites for hydroxylation is 1. The highest BCUT2D eigenvalue weighted by atomic mass is 32.2. The Bertz CT molecular complexity index is 1150. The molecule has 0 fully saturated rings. The number of aromatic nitrogens is 2. The monoisotopic (exact) mass is 416 g/mol. The molecular weight excluding hydrogens is 396 g/mol. The first kappa shape index (κ1) is 20.1. The minimum Gasteiger partial charge on any atom is -0.322 e. The van der Waals surface area contributed by atoms with Crippen LogP contribution in [0, 0.1) is 13.8 Å². The fourth-order valence-electron chi connectivity index (χ4n) is 2.75. The van der Waals surface area contributed by atoms with E-state index in [1.54, 1.807) is 31.3 Å². The van der Waals surface area contributed by atoms with Gasteiger partial charge in [0.15, 0.2) is 5.16 Å². The van der Waals surface area contributed by atoms with E-state index in [1.807, 2.05) is 30.0 Å². The molecule has 146 valence electrons. The molecule has 1 aromatic heterocycles. The van der Waals surface area contributed by atoms with Crippen molar-refractivity contribution in [1.82, 2.24) is 9.55 Å². The van der Waals surface area contributed by atoms with Gasteiger partial charge in [0.05, 0.1) is 4.90 Å². The van der Waals surface area contributed by atoms with Crippen molar-refractivity contribution in [3.8, 4) is 5.69 Å². The summed E-state index contributed by atoms with van der Waals surface area (Å²) in [6, 6.07) is 9.98. The van der Waals surface area contributed by atoms with Crippen LogP contribution in [0.5, 0.6) is 0 Å². The predicted octanol–water partition coefficient (Wildman–Crippen LogP) is 3.11. The molecule has 28 heavy (non-hydrogen) atoms. The van der Waals surface area contributed by atoms with Gasteiger partial charge in [-0.25, -0.2) is 18.5 Å². The molecule has 0 saturated carbocycles. The molecule has 3 aromatic rings. The first-order chi connectivity index (χ1) is 13.2. The van der Waals surface area contributed by atoms with Crippen LogP contribution in [0.1, 0.15) is 21.5 Å². The number of rotatable bonds is 5. The summed E-state index contributed by atoms with van der Waals surface area (Å²) in [5.41, 5.74) is 3.15. The summed E-state index contributed by atoms with van der Waals surface area (Å²) in [7, 11) is -3.87. The Morgan fingerprint density at radius 3 is 2.64 bits per heavy atom. The summed E-state index contributed by atoms with van der Waals surface area (Å²) >= 11 is 1.50. The molecular formula is C19H20N4O3S2. The summed E-state index contributed by atoms with van der Waals surface area (Å²) in [6.45, 7) is 3.58. The molecule has 0 atom stereocenters. The van der Waals surface area contributed by atoms with Crippen molar-refractivity contribution < 1.29 is 13.2 Å². The zero-order chi connectivity index (χ0) is 20.5. The summed E-state index contributed by atoms with van der Waals surface area (Å²) in [5, 5.41) is 8.84. The lowest BCUT2D eigenvalue weighted by Crippen LogP contribution is -2.16. The van der Waals surface area contributed by atoms with Crippen LogP contribution in [0.2, 0.25) is 0 Å². The van der Waals surface area contributed by atoms with Gasteiger partial charge in [-0.1, -0.05) is 17.8 Å². The number of hydrogen-bond donors (Lipinski definition) is 2. The maximum absolute atomic E-state index is 12.8. The third-order valence-corrected chi connectivity index (χ3v) is 5.95. The fraction of sp³-hybridized carbons (Fsp3) is 0.158. The van der Waals surface area contributed by atoms with Crippen molar-refractivity contribution in [2.45, 2.75) is 23.9 Å². The van der Waals surface area contributed by atoms with Gasteiger partial charge in [-0.15, -0.1) is 0 Å². The predicted molar refractivity (Wildman–Crippen MR) is 111 cm³/mol. The first-order valence-electron chi connectivity index (χ1n) is 8.34. The van der Waals surface area contributed by atoms with E-state index in [2.05, 4.69) is 10.3 Å². The number of sulfonamides is 1. The van der Waals surface area contributed by atoms with E-state index in [-0.39, 0.29) is 10.8 Å². The Morgan fingerprint density at radius 1 is 1.21 bits per heavy atom. The van der Waals surface area contributed by atoms with Crippen LogP contribution < -0.4 is 10.5 Å². The second kappa shape index (κ2) is 7.78. The van der Waals surface area contributed by atoms with Crippen LogP contribution in [-0.2, 0) is 10.0 Å². The summed E-state index contributed by atoms with van der Waals surface area (Å²) < 4.78 is 25.3. The molecule has 0 aliphatic carbocycles. The smallest absolute Gasteiger partial charge is 0.255 e. The molecule has 7 nitrogen and oxygen atoms in total. The molecule has 3 N–H and O–H groups in total. The quantitative estimate of drug-likeness (QED) is 0.622. The minimum absolute atomic E-state index is 0.0392. The highest BCUT2D eigenvalue weighted by molar-refractivity contribution is 7.98. The Balaban J connectivity index is 1.94. The van der Waals surface area contributed by atoms with Gasteiger partial charge in [0.2, 0.25) is 10.0 Å². The largest absolute Gasteiger partial charge is 0.322 e. The molecule has 0 spiro atoms. The van der Waals surface area contributed by atoms with E-state index in [0.717, 1.165) is 22.0 Å². The van der Waals surface area contributed by atoms with Gasteiger partial charge in [-0.05, 0) is 61.6 Å². The molecule has 0 saturated heterocycles. The maximum atomic E-state index is 12.8. The third kappa shape index (κ3) is 4.11. The lowest BCUT2D eigenvalue weighted by molar-refractivity contribution is 0.102. The number of hydrogen-bond acceptors (Lipinski definition) is 5. The molecule has 3 rings (SSSR count). The van der Waals surface area contributed by atoms with Crippen LogP contribution >= 0.6 is 11.8 Å². The van der Waals surface area contributed by atoms with Crippen LogP contribution in [0.3, 0.4) is 0 Å². The van der Waals surface area contributed by atoms with Crippen molar-refractivity contribution in [3.05, 3.63) is 65.5 Å². The van der Waals surface area contributed by atoms with Crippen molar-refractivity contribution in [3.63, 3.8) is 0 Å². The SMILES string of the molecule is CSc1nccn1-c1cccc(C(=O)Nc2cc(S(N)(=O)=O)cc(C)c2C)c1. The van der Waals surface area contributed by atoms with Gasteiger partial charge in [0.25, 0.3) is 5.91 Å². The normalized spacial score (nSPS) is 11.4. The van der Waals surface area contributed by atoms with E-state index < -0.39 is 10.0 Å². The Hall–Kier alpha value is -2.62. The van der Waals surface area contributed by atoms with Crippen LogP contribution in [0.15, 0.2) is 58.8 Å². The van der Waals surface area contributed by atoms with Gasteiger partial charge in [-0.3, -0.25) is 9.36 Å². The minimum atomic E-state index is -3.87. The van der Waals surface area contributed by atoms with E-state index in [4.69, 9.17) is 5.14 Å². The number of carbonyl (C=O) groups is 1. The van der Waals surface area contributed by atoms with Gasteiger partial charge >= 0.3 is 0 Å². The summed E-state index contributed by atoms with van der Waals surface area (Å²) in [4.78, 5) is 17.0. The summed E-state index contributed by atoms with van der Waals surface area (Å²) in [6.07, 6.45) is 5.45. The molecule has 2 aromatic carbocycles. The Kier molecular flexibility index (Phi) is 5.59. The Labute approximate surface area is 168 Å². The number of nitrogens with zero attached hydrogens (tertiary/aromatic N) is 2. The Morgan fingerprint density at radius 2 is 1.96 bits per heavy atom. The first-order valence-corrected chi connectivity index (χ1v) is 11.1. The molecule has 9 heteroatoms. The van der Waals surface area contributed by atoms with E-state index in [9.17, 15) is 13.2 Å². The van der Waals surface area contributed by atoms with Gasteiger partial charge in [-0.2, -0.15) is 0 Å². The van der Waals surface area contributed by atoms with Gasteiger partial charge < -0.3 is 5.32 Å². The molecule has 1 heterocycles.